The van der Waals surface area contributed by atoms with Crippen molar-refractivity contribution in [2.75, 3.05) is 13.1 Å². The van der Waals surface area contributed by atoms with Gasteiger partial charge in [-0.1, -0.05) is 0 Å². The quantitative estimate of drug-likeness (QED) is 0.204. The van der Waals surface area contributed by atoms with E-state index in [9.17, 15) is 39.0 Å². The van der Waals surface area contributed by atoms with Crippen LogP contribution in [0.5, 0.6) is 0 Å². The summed E-state index contributed by atoms with van der Waals surface area (Å²) in [6.45, 7) is 0.730. The molecule has 0 aromatic rings. The summed E-state index contributed by atoms with van der Waals surface area (Å²) in [6.07, 6.45) is 0.431. The van der Waals surface area contributed by atoms with Gasteiger partial charge in [-0.3, -0.25) is 24.0 Å². The zero-order chi connectivity index (χ0) is 23.8. The third kappa shape index (κ3) is 6.90. The molecule has 0 spiro atoms. The van der Waals surface area contributed by atoms with Gasteiger partial charge in [-0.05, 0) is 38.6 Å². The van der Waals surface area contributed by atoms with Crippen molar-refractivity contribution in [2.24, 2.45) is 0 Å². The number of aliphatic carboxylic acids is 3. The molecule has 0 aromatic heterocycles. The molecule has 2 fully saturated rings. The van der Waals surface area contributed by atoms with E-state index in [4.69, 9.17) is 5.11 Å². The molecular weight excluding hydrogens is 428 g/mol. The van der Waals surface area contributed by atoms with Gasteiger partial charge in [-0.2, -0.15) is 0 Å². The summed E-state index contributed by atoms with van der Waals surface area (Å²) in [5, 5.41) is 35.1. The van der Waals surface area contributed by atoms with E-state index in [1.54, 1.807) is 0 Å². The van der Waals surface area contributed by atoms with E-state index in [1.165, 1.54) is 0 Å². The molecule has 0 aromatic carbocycles. The Kier molecular flexibility index (Phi) is 8.93. The van der Waals surface area contributed by atoms with Crippen LogP contribution in [-0.4, -0.2) is 93.1 Å². The number of carboxylic acid groups (broad SMARTS) is 3. The SMILES string of the molecule is O=C(O)CCC(NC(=O)C1CCCN1)C(=O)NC(CC(=O)O)C(=O)N1CCCC1C(=O)O. The molecule has 0 saturated carbocycles. The summed E-state index contributed by atoms with van der Waals surface area (Å²) in [4.78, 5) is 72.7. The minimum atomic E-state index is -1.56. The fourth-order valence-corrected chi connectivity index (χ4v) is 3.85. The molecule has 3 amide bonds. The Morgan fingerprint density at radius 2 is 1.66 bits per heavy atom. The predicted octanol–water partition coefficient (Wildman–Crippen LogP) is -1.88. The van der Waals surface area contributed by atoms with Gasteiger partial charge in [0, 0.05) is 13.0 Å². The summed E-state index contributed by atoms with van der Waals surface area (Å²) >= 11 is 0. The van der Waals surface area contributed by atoms with Gasteiger partial charge >= 0.3 is 17.9 Å². The van der Waals surface area contributed by atoms with Gasteiger partial charge in [0.05, 0.1) is 12.5 Å². The van der Waals surface area contributed by atoms with Crippen molar-refractivity contribution in [3.8, 4) is 0 Å². The monoisotopic (exact) mass is 456 g/mol. The van der Waals surface area contributed by atoms with Crippen LogP contribution < -0.4 is 16.0 Å². The molecule has 32 heavy (non-hydrogen) atoms. The van der Waals surface area contributed by atoms with E-state index in [-0.39, 0.29) is 19.4 Å². The highest BCUT2D eigenvalue weighted by atomic mass is 16.4. The van der Waals surface area contributed by atoms with Gasteiger partial charge in [-0.15, -0.1) is 0 Å². The highest BCUT2D eigenvalue weighted by Crippen LogP contribution is 2.19. The number of amides is 3. The molecule has 2 heterocycles. The number of carbonyl (C=O) groups excluding carboxylic acids is 3. The summed E-state index contributed by atoms with van der Waals surface area (Å²) < 4.78 is 0. The van der Waals surface area contributed by atoms with Crippen molar-refractivity contribution in [3.63, 3.8) is 0 Å². The number of nitrogens with one attached hydrogen (secondary N) is 3. The van der Waals surface area contributed by atoms with Crippen LogP contribution in [0.2, 0.25) is 0 Å². The lowest BCUT2D eigenvalue weighted by molar-refractivity contribution is -0.150. The Bertz CT molecular complexity index is 766. The average molecular weight is 456 g/mol. The molecule has 4 atom stereocenters. The molecule has 178 valence electrons. The smallest absolute Gasteiger partial charge is 0.326 e. The zero-order valence-electron chi connectivity index (χ0n) is 17.4. The molecule has 0 bridgehead atoms. The second-order valence-electron chi connectivity index (χ2n) is 7.83. The molecule has 6 N–H and O–H groups in total. The van der Waals surface area contributed by atoms with Crippen molar-refractivity contribution in [2.45, 2.75) is 69.1 Å². The van der Waals surface area contributed by atoms with E-state index in [1.807, 2.05) is 0 Å². The lowest BCUT2D eigenvalue weighted by Crippen LogP contribution is -2.57. The van der Waals surface area contributed by atoms with E-state index < -0.39 is 72.6 Å². The average Bonchev–Trinajstić information content (AvgIpc) is 3.41. The normalized spacial score (nSPS) is 22.1. The lowest BCUT2D eigenvalue weighted by Gasteiger charge is -2.28. The molecule has 4 unspecified atom stereocenters. The summed E-state index contributed by atoms with van der Waals surface area (Å²) in [7, 11) is 0. The van der Waals surface area contributed by atoms with E-state index in [0.29, 0.717) is 19.4 Å². The number of hydrogen-bond acceptors (Lipinski definition) is 7. The zero-order valence-corrected chi connectivity index (χ0v) is 17.4. The Labute approximate surface area is 183 Å². The van der Waals surface area contributed by atoms with Crippen LogP contribution in [0.4, 0.5) is 0 Å². The molecule has 2 saturated heterocycles. The lowest BCUT2D eigenvalue weighted by atomic mass is 10.1. The molecule has 0 aliphatic carbocycles. The Morgan fingerprint density at radius 3 is 2.22 bits per heavy atom. The Hall–Kier alpha value is -3.22. The van der Waals surface area contributed by atoms with Gasteiger partial charge in [-0.25, -0.2) is 4.79 Å². The van der Waals surface area contributed by atoms with E-state index in [2.05, 4.69) is 16.0 Å². The van der Waals surface area contributed by atoms with Crippen LogP contribution in [0.25, 0.3) is 0 Å². The molecular formula is C19H28N4O9. The van der Waals surface area contributed by atoms with Gasteiger partial charge < -0.3 is 36.2 Å². The Balaban J connectivity index is 2.14. The minimum Gasteiger partial charge on any atom is -0.481 e. The highest BCUT2D eigenvalue weighted by molar-refractivity contribution is 5.96. The van der Waals surface area contributed by atoms with Crippen LogP contribution >= 0.6 is 0 Å². The van der Waals surface area contributed by atoms with Crippen molar-refractivity contribution < 1.29 is 44.1 Å². The number of carboxylic acids is 3. The minimum absolute atomic E-state index is 0.105. The second kappa shape index (κ2) is 11.4. The first-order valence-electron chi connectivity index (χ1n) is 10.4. The molecule has 2 rings (SSSR count). The Morgan fingerprint density at radius 1 is 0.938 bits per heavy atom. The van der Waals surface area contributed by atoms with Crippen LogP contribution in [0, 0.1) is 0 Å². The van der Waals surface area contributed by atoms with E-state index >= 15 is 0 Å². The van der Waals surface area contributed by atoms with Crippen LogP contribution in [0.3, 0.4) is 0 Å². The van der Waals surface area contributed by atoms with Crippen molar-refractivity contribution in [1.82, 2.24) is 20.9 Å². The maximum atomic E-state index is 12.8. The highest BCUT2D eigenvalue weighted by Gasteiger charge is 2.39. The van der Waals surface area contributed by atoms with Crippen LogP contribution in [-0.2, 0) is 28.8 Å². The molecule has 13 heteroatoms. The summed E-state index contributed by atoms with van der Waals surface area (Å²) in [5.41, 5.74) is 0. The van der Waals surface area contributed by atoms with Gasteiger partial charge in [0.25, 0.3) is 0 Å². The topological polar surface area (TPSA) is 202 Å². The first-order valence-corrected chi connectivity index (χ1v) is 10.4. The maximum Gasteiger partial charge on any atom is 0.326 e. The molecule has 0 radical (unpaired) electrons. The van der Waals surface area contributed by atoms with Crippen LogP contribution in [0.15, 0.2) is 0 Å². The first-order chi connectivity index (χ1) is 15.1. The predicted molar refractivity (Wildman–Crippen MR) is 106 cm³/mol. The number of likely N-dealkylation sites (tertiary alicyclic amines) is 1. The fraction of sp³-hybridized carbons (Fsp3) is 0.684. The summed E-state index contributed by atoms with van der Waals surface area (Å²) in [5.74, 6) is -6.09. The summed E-state index contributed by atoms with van der Waals surface area (Å²) in [6, 6.07) is -4.52. The standard InChI is InChI=1S/C19H28N4O9/c24-14(25)6-5-11(21-16(28)10-3-1-7-20-10)17(29)22-12(9-15(26)27)18(30)23-8-2-4-13(23)19(31)32/h10-13,20H,1-9H2,(H,21,28)(H,22,29)(H,24,25)(H,26,27)(H,31,32). The van der Waals surface area contributed by atoms with Gasteiger partial charge in [0.15, 0.2) is 0 Å². The van der Waals surface area contributed by atoms with Crippen molar-refractivity contribution >= 4 is 35.6 Å². The van der Waals surface area contributed by atoms with Crippen molar-refractivity contribution in [1.29, 1.82) is 0 Å². The number of nitrogens with zero attached hydrogens (tertiary/aromatic N) is 1. The fourth-order valence-electron chi connectivity index (χ4n) is 3.85. The third-order valence-electron chi connectivity index (χ3n) is 5.47. The van der Waals surface area contributed by atoms with Gasteiger partial charge in [0.2, 0.25) is 17.7 Å². The number of rotatable bonds is 11. The number of hydrogen-bond donors (Lipinski definition) is 6. The van der Waals surface area contributed by atoms with Gasteiger partial charge in [0.1, 0.15) is 18.1 Å². The second-order valence-corrected chi connectivity index (χ2v) is 7.83. The van der Waals surface area contributed by atoms with Crippen LogP contribution in [0.1, 0.15) is 44.9 Å². The molecule has 2 aliphatic rings. The number of carbonyl (C=O) groups is 6. The first kappa shape index (κ1) is 25.0. The largest absolute Gasteiger partial charge is 0.481 e. The molecule has 2 aliphatic heterocycles. The molecule has 13 nitrogen and oxygen atoms in total. The van der Waals surface area contributed by atoms with Crippen molar-refractivity contribution in [3.05, 3.63) is 0 Å². The third-order valence-corrected chi connectivity index (χ3v) is 5.47. The van der Waals surface area contributed by atoms with E-state index in [0.717, 1.165) is 11.3 Å². The maximum absolute atomic E-state index is 12.8.